The summed E-state index contributed by atoms with van der Waals surface area (Å²) in [6, 6.07) is 6.00. The zero-order valence-electron chi connectivity index (χ0n) is 7.38. The second kappa shape index (κ2) is 5.59. The van der Waals surface area contributed by atoms with Gasteiger partial charge in [0.25, 0.3) is 0 Å². The van der Waals surface area contributed by atoms with E-state index in [-0.39, 0.29) is 24.5 Å². The highest BCUT2D eigenvalue weighted by atomic mass is 35.5. The maximum atomic E-state index is 10.5. The van der Waals surface area contributed by atoms with Gasteiger partial charge in [0.2, 0.25) is 0 Å². The minimum absolute atomic E-state index is 0. The first kappa shape index (κ1) is 12.9. The van der Waals surface area contributed by atoms with Crippen molar-refractivity contribution in [3.05, 3.63) is 35.4 Å². The summed E-state index contributed by atoms with van der Waals surface area (Å²) in [5.41, 5.74) is 6.07. The normalized spacial score (nSPS) is 11.6. The quantitative estimate of drug-likeness (QED) is 0.699. The van der Waals surface area contributed by atoms with Crippen LogP contribution in [0.15, 0.2) is 24.3 Å². The lowest BCUT2D eigenvalue weighted by Gasteiger charge is -2.07. The Hall–Kier alpha value is -1.10. The lowest BCUT2D eigenvalue weighted by atomic mass is 10.1. The molecule has 0 saturated heterocycles. The summed E-state index contributed by atoms with van der Waals surface area (Å²) in [6.07, 6.45) is -0.720. The van der Waals surface area contributed by atoms with Crippen molar-refractivity contribution >= 4 is 18.4 Å². The van der Waals surface area contributed by atoms with Crippen molar-refractivity contribution in [3.63, 3.8) is 0 Å². The zero-order valence-corrected chi connectivity index (χ0v) is 8.20. The first-order chi connectivity index (χ1) is 6.15. The van der Waals surface area contributed by atoms with Gasteiger partial charge in [0.1, 0.15) is 0 Å². The van der Waals surface area contributed by atoms with Crippen LogP contribution in [0.4, 0.5) is 0 Å². The Bertz CT molecular complexity index is 299. The molecule has 0 aliphatic rings. The molecule has 14 heavy (non-hydrogen) atoms. The van der Waals surface area contributed by atoms with E-state index in [1.807, 2.05) is 0 Å². The Balaban J connectivity index is 0.00000169. The fourth-order valence-corrected chi connectivity index (χ4v) is 0.984. The maximum Gasteiger partial charge on any atom is 0.335 e. The van der Waals surface area contributed by atoms with E-state index in [1.165, 1.54) is 12.1 Å². The van der Waals surface area contributed by atoms with E-state index in [1.54, 1.807) is 12.1 Å². The molecular formula is C9H12ClNO3. The SMILES string of the molecule is Cl.NC[C@H](O)c1ccc(C(=O)O)cc1. The van der Waals surface area contributed by atoms with E-state index in [9.17, 15) is 9.90 Å². The summed E-state index contributed by atoms with van der Waals surface area (Å²) in [6.45, 7) is 0.131. The van der Waals surface area contributed by atoms with E-state index in [0.29, 0.717) is 5.56 Å². The highest BCUT2D eigenvalue weighted by Crippen LogP contribution is 2.12. The Kier molecular flexibility index (Phi) is 5.15. The van der Waals surface area contributed by atoms with Gasteiger partial charge in [0, 0.05) is 6.54 Å². The monoisotopic (exact) mass is 217 g/mol. The predicted molar refractivity (Wildman–Crippen MR) is 54.7 cm³/mol. The number of rotatable bonds is 3. The van der Waals surface area contributed by atoms with Gasteiger partial charge in [0.15, 0.2) is 0 Å². The fourth-order valence-electron chi connectivity index (χ4n) is 0.984. The van der Waals surface area contributed by atoms with Crippen molar-refractivity contribution < 1.29 is 15.0 Å². The molecule has 5 heteroatoms. The average Bonchev–Trinajstić information content (AvgIpc) is 2.17. The Labute approximate surface area is 87.8 Å². The summed E-state index contributed by atoms with van der Waals surface area (Å²) in [5, 5.41) is 17.9. The standard InChI is InChI=1S/C9H11NO3.ClH/c10-5-8(11)6-1-3-7(4-2-6)9(12)13;/h1-4,8,11H,5,10H2,(H,12,13);1H/t8-;/m0./s1. The van der Waals surface area contributed by atoms with E-state index >= 15 is 0 Å². The molecule has 0 fully saturated rings. The van der Waals surface area contributed by atoms with Crippen LogP contribution in [0.2, 0.25) is 0 Å². The van der Waals surface area contributed by atoms with Crippen LogP contribution in [0, 0.1) is 0 Å². The topological polar surface area (TPSA) is 83.5 Å². The second-order valence-electron chi connectivity index (χ2n) is 2.68. The Morgan fingerprint density at radius 2 is 1.86 bits per heavy atom. The number of halogens is 1. The first-order valence-corrected chi connectivity index (χ1v) is 3.86. The highest BCUT2D eigenvalue weighted by molar-refractivity contribution is 5.87. The third-order valence-electron chi connectivity index (χ3n) is 1.77. The number of aliphatic hydroxyl groups is 1. The van der Waals surface area contributed by atoms with E-state index < -0.39 is 12.1 Å². The van der Waals surface area contributed by atoms with Crippen LogP contribution in [0.25, 0.3) is 0 Å². The molecule has 0 radical (unpaired) electrons. The van der Waals surface area contributed by atoms with Gasteiger partial charge < -0.3 is 15.9 Å². The molecule has 1 aromatic carbocycles. The van der Waals surface area contributed by atoms with Crippen molar-refractivity contribution in [2.45, 2.75) is 6.10 Å². The van der Waals surface area contributed by atoms with Crippen LogP contribution in [-0.4, -0.2) is 22.7 Å². The number of carbonyl (C=O) groups is 1. The number of nitrogens with two attached hydrogens (primary N) is 1. The summed E-state index contributed by atoms with van der Waals surface area (Å²) >= 11 is 0. The van der Waals surface area contributed by atoms with Crippen LogP contribution >= 0.6 is 12.4 Å². The third-order valence-corrected chi connectivity index (χ3v) is 1.77. The van der Waals surface area contributed by atoms with Crippen molar-refractivity contribution in [2.24, 2.45) is 5.73 Å². The molecule has 0 amide bonds. The summed E-state index contributed by atoms with van der Waals surface area (Å²) in [5.74, 6) is -0.978. The summed E-state index contributed by atoms with van der Waals surface area (Å²) < 4.78 is 0. The number of hydrogen-bond acceptors (Lipinski definition) is 3. The molecule has 1 rings (SSSR count). The number of carboxylic acids is 1. The van der Waals surface area contributed by atoms with Crippen LogP contribution in [0.3, 0.4) is 0 Å². The predicted octanol–water partition coefficient (Wildman–Crippen LogP) is 0.799. The smallest absolute Gasteiger partial charge is 0.335 e. The highest BCUT2D eigenvalue weighted by Gasteiger charge is 2.06. The molecule has 1 atom stereocenters. The number of aromatic carboxylic acids is 1. The summed E-state index contributed by atoms with van der Waals surface area (Å²) in [4.78, 5) is 10.5. The third kappa shape index (κ3) is 2.99. The molecular weight excluding hydrogens is 206 g/mol. The van der Waals surface area contributed by atoms with Gasteiger partial charge in [-0.2, -0.15) is 0 Å². The summed E-state index contributed by atoms with van der Waals surface area (Å²) in [7, 11) is 0. The minimum Gasteiger partial charge on any atom is -0.478 e. The van der Waals surface area contributed by atoms with Crippen molar-refractivity contribution in [1.82, 2.24) is 0 Å². The molecule has 0 aliphatic heterocycles. The number of aliphatic hydroxyl groups excluding tert-OH is 1. The molecule has 0 aromatic heterocycles. The first-order valence-electron chi connectivity index (χ1n) is 3.86. The maximum absolute atomic E-state index is 10.5. The van der Waals surface area contributed by atoms with E-state index in [2.05, 4.69) is 0 Å². The lowest BCUT2D eigenvalue weighted by Crippen LogP contribution is -2.11. The molecule has 0 bridgehead atoms. The lowest BCUT2D eigenvalue weighted by molar-refractivity contribution is 0.0696. The molecule has 0 unspecified atom stereocenters. The van der Waals surface area contributed by atoms with Crippen LogP contribution in [0.1, 0.15) is 22.0 Å². The minimum atomic E-state index is -0.978. The van der Waals surface area contributed by atoms with Gasteiger partial charge in [-0.1, -0.05) is 12.1 Å². The molecule has 78 valence electrons. The largest absolute Gasteiger partial charge is 0.478 e. The van der Waals surface area contributed by atoms with Crippen molar-refractivity contribution in [3.8, 4) is 0 Å². The van der Waals surface area contributed by atoms with Gasteiger partial charge in [-0.05, 0) is 17.7 Å². The van der Waals surface area contributed by atoms with Gasteiger partial charge in [-0.3, -0.25) is 0 Å². The second-order valence-corrected chi connectivity index (χ2v) is 2.68. The molecule has 0 spiro atoms. The van der Waals surface area contributed by atoms with Crippen LogP contribution in [-0.2, 0) is 0 Å². The van der Waals surface area contributed by atoms with Gasteiger partial charge in [-0.25, -0.2) is 4.79 Å². The molecule has 0 heterocycles. The van der Waals surface area contributed by atoms with E-state index in [4.69, 9.17) is 10.8 Å². The molecule has 0 aliphatic carbocycles. The van der Waals surface area contributed by atoms with Crippen molar-refractivity contribution in [2.75, 3.05) is 6.54 Å². The van der Waals surface area contributed by atoms with Gasteiger partial charge in [0.05, 0.1) is 11.7 Å². The van der Waals surface area contributed by atoms with Gasteiger partial charge >= 0.3 is 5.97 Å². The number of benzene rings is 1. The molecule has 4 nitrogen and oxygen atoms in total. The average molecular weight is 218 g/mol. The van der Waals surface area contributed by atoms with Crippen LogP contribution < -0.4 is 5.73 Å². The number of hydrogen-bond donors (Lipinski definition) is 3. The Morgan fingerprint density at radius 3 is 2.21 bits per heavy atom. The van der Waals surface area contributed by atoms with Crippen molar-refractivity contribution in [1.29, 1.82) is 0 Å². The molecule has 4 N–H and O–H groups in total. The van der Waals surface area contributed by atoms with E-state index in [0.717, 1.165) is 0 Å². The number of carboxylic acid groups (broad SMARTS) is 1. The Morgan fingerprint density at radius 1 is 1.36 bits per heavy atom. The molecule has 0 saturated carbocycles. The van der Waals surface area contributed by atoms with Crippen LogP contribution in [0.5, 0.6) is 0 Å². The zero-order chi connectivity index (χ0) is 9.84. The molecule has 1 aromatic rings. The van der Waals surface area contributed by atoms with Gasteiger partial charge in [-0.15, -0.1) is 12.4 Å². The fraction of sp³-hybridized carbons (Fsp3) is 0.222.